The minimum Gasteiger partial charge on any atom is -0.481 e. The van der Waals surface area contributed by atoms with Crippen LogP contribution in [-0.2, 0) is 11.8 Å². The van der Waals surface area contributed by atoms with E-state index in [1.165, 1.54) is 0 Å². The first kappa shape index (κ1) is 19.0. The summed E-state index contributed by atoms with van der Waals surface area (Å²) in [6, 6.07) is 8.74. The molecule has 0 saturated carbocycles. The van der Waals surface area contributed by atoms with Crippen molar-refractivity contribution in [3.8, 4) is 0 Å². The minimum absolute atomic E-state index is 0.0788. The Bertz CT molecular complexity index is 753. The topological polar surface area (TPSA) is 84.2 Å². The zero-order valence-corrected chi connectivity index (χ0v) is 15.2. The average molecular weight is 364 g/mol. The van der Waals surface area contributed by atoms with Crippen molar-refractivity contribution in [3.63, 3.8) is 0 Å². The SMILES string of the molecule is CC(C)c1cc(C(=O)NC[C@H](CC(=O)O)c2ccc(Cl)cc2)n(C)n1. The standard InChI is InChI=1S/C18H22ClN3O3/c1-11(2)15-9-16(22(3)21-15)18(25)20-10-13(8-17(23)24)12-4-6-14(19)7-5-12/h4-7,9,11,13H,8,10H2,1-3H3,(H,20,25)(H,23,24)/t13-/m0/s1. The summed E-state index contributed by atoms with van der Waals surface area (Å²) in [4.78, 5) is 23.6. The van der Waals surface area contributed by atoms with Gasteiger partial charge in [0.1, 0.15) is 5.69 Å². The zero-order valence-electron chi connectivity index (χ0n) is 14.5. The summed E-state index contributed by atoms with van der Waals surface area (Å²) in [6.07, 6.45) is -0.0788. The van der Waals surface area contributed by atoms with Crippen LogP contribution in [0.1, 0.15) is 53.8 Å². The van der Waals surface area contributed by atoms with Crippen LogP contribution in [0.15, 0.2) is 30.3 Å². The molecular formula is C18H22ClN3O3. The number of nitrogens with zero attached hydrogens (tertiary/aromatic N) is 2. The van der Waals surface area contributed by atoms with E-state index in [9.17, 15) is 9.59 Å². The summed E-state index contributed by atoms with van der Waals surface area (Å²) < 4.78 is 1.54. The lowest BCUT2D eigenvalue weighted by molar-refractivity contribution is -0.137. The van der Waals surface area contributed by atoms with Crippen LogP contribution < -0.4 is 5.32 Å². The smallest absolute Gasteiger partial charge is 0.304 e. The van der Waals surface area contributed by atoms with E-state index in [0.29, 0.717) is 10.7 Å². The summed E-state index contributed by atoms with van der Waals surface area (Å²) >= 11 is 5.88. The summed E-state index contributed by atoms with van der Waals surface area (Å²) in [5.41, 5.74) is 2.11. The van der Waals surface area contributed by atoms with Gasteiger partial charge in [-0.3, -0.25) is 14.3 Å². The van der Waals surface area contributed by atoms with Crippen LogP contribution in [-0.4, -0.2) is 33.3 Å². The lowest BCUT2D eigenvalue weighted by Gasteiger charge is -2.16. The molecule has 6 nitrogen and oxygen atoms in total. The number of carboxylic acid groups (broad SMARTS) is 1. The third-order valence-electron chi connectivity index (χ3n) is 3.99. The number of carbonyl (C=O) groups is 2. The number of aromatic nitrogens is 2. The van der Waals surface area contributed by atoms with Crippen LogP contribution in [0.5, 0.6) is 0 Å². The number of aliphatic carboxylic acids is 1. The van der Waals surface area contributed by atoms with Gasteiger partial charge in [0.2, 0.25) is 0 Å². The molecule has 0 bridgehead atoms. The summed E-state index contributed by atoms with van der Waals surface area (Å²) in [5.74, 6) is -1.30. The molecule has 7 heteroatoms. The molecule has 1 amide bonds. The predicted molar refractivity (Wildman–Crippen MR) is 96.1 cm³/mol. The van der Waals surface area contributed by atoms with Gasteiger partial charge in [0.05, 0.1) is 12.1 Å². The maximum absolute atomic E-state index is 12.4. The van der Waals surface area contributed by atoms with Crippen molar-refractivity contribution in [1.29, 1.82) is 0 Å². The second-order valence-electron chi connectivity index (χ2n) is 6.29. The highest BCUT2D eigenvalue weighted by atomic mass is 35.5. The number of aryl methyl sites for hydroxylation is 1. The van der Waals surface area contributed by atoms with Crippen LogP contribution in [0, 0.1) is 0 Å². The molecular weight excluding hydrogens is 342 g/mol. The molecule has 0 saturated heterocycles. The average Bonchev–Trinajstić information content (AvgIpc) is 2.94. The molecule has 25 heavy (non-hydrogen) atoms. The molecule has 0 fully saturated rings. The Kier molecular flexibility index (Phi) is 6.20. The quantitative estimate of drug-likeness (QED) is 0.791. The predicted octanol–water partition coefficient (Wildman–Crippen LogP) is 3.19. The highest BCUT2D eigenvalue weighted by Gasteiger charge is 2.19. The molecule has 134 valence electrons. The molecule has 1 atom stereocenters. The van der Waals surface area contributed by atoms with Crippen molar-refractivity contribution < 1.29 is 14.7 Å². The van der Waals surface area contributed by atoms with Crippen molar-refractivity contribution >= 4 is 23.5 Å². The minimum atomic E-state index is -0.920. The van der Waals surface area contributed by atoms with Crippen LogP contribution in [0.4, 0.5) is 0 Å². The summed E-state index contributed by atoms with van der Waals surface area (Å²) in [5, 5.41) is 16.9. The first-order chi connectivity index (χ1) is 11.8. The molecule has 1 aromatic carbocycles. The number of hydrogen-bond acceptors (Lipinski definition) is 3. The monoisotopic (exact) mass is 363 g/mol. The number of halogens is 1. The highest BCUT2D eigenvalue weighted by molar-refractivity contribution is 6.30. The molecule has 1 aromatic heterocycles. The van der Waals surface area contributed by atoms with E-state index in [2.05, 4.69) is 10.4 Å². The Morgan fingerprint density at radius 2 is 1.92 bits per heavy atom. The van der Waals surface area contributed by atoms with E-state index in [4.69, 9.17) is 16.7 Å². The van der Waals surface area contributed by atoms with Gasteiger partial charge < -0.3 is 10.4 Å². The normalized spacial score (nSPS) is 12.2. The number of nitrogens with one attached hydrogen (secondary N) is 1. The van der Waals surface area contributed by atoms with Crippen molar-refractivity contribution in [2.24, 2.45) is 7.05 Å². The van der Waals surface area contributed by atoms with Crippen LogP contribution >= 0.6 is 11.6 Å². The molecule has 0 spiro atoms. The Balaban J connectivity index is 2.10. The van der Waals surface area contributed by atoms with Gasteiger partial charge in [0, 0.05) is 24.5 Å². The number of hydrogen-bond donors (Lipinski definition) is 2. The van der Waals surface area contributed by atoms with Gasteiger partial charge in [-0.1, -0.05) is 37.6 Å². The first-order valence-electron chi connectivity index (χ1n) is 8.07. The van der Waals surface area contributed by atoms with Crippen LogP contribution in [0.3, 0.4) is 0 Å². The lowest BCUT2D eigenvalue weighted by Crippen LogP contribution is -2.30. The van der Waals surface area contributed by atoms with Gasteiger partial charge >= 0.3 is 5.97 Å². The number of benzene rings is 1. The second-order valence-corrected chi connectivity index (χ2v) is 6.73. The maximum Gasteiger partial charge on any atom is 0.304 e. The van der Waals surface area contributed by atoms with Crippen molar-refractivity contribution in [3.05, 3.63) is 52.3 Å². The third-order valence-corrected chi connectivity index (χ3v) is 4.25. The third kappa shape index (κ3) is 5.06. The number of carboxylic acids is 1. The fourth-order valence-electron chi connectivity index (χ4n) is 2.54. The number of carbonyl (C=O) groups excluding carboxylic acids is 1. The summed E-state index contributed by atoms with van der Waals surface area (Å²) in [6.45, 7) is 4.23. The Hall–Kier alpha value is -2.34. The molecule has 0 unspecified atom stereocenters. The van der Waals surface area contributed by atoms with E-state index in [0.717, 1.165) is 11.3 Å². The fourth-order valence-corrected chi connectivity index (χ4v) is 2.67. The van der Waals surface area contributed by atoms with Crippen molar-refractivity contribution in [2.45, 2.75) is 32.1 Å². The maximum atomic E-state index is 12.4. The van der Waals surface area contributed by atoms with Crippen LogP contribution in [0.25, 0.3) is 0 Å². The fraction of sp³-hybridized carbons (Fsp3) is 0.389. The van der Waals surface area contributed by atoms with E-state index >= 15 is 0 Å². The molecule has 1 heterocycles. The molecule has 0 aliphatic heterocycles. The van der Waals surface area contributed by atoms with Gasteiger partial charge in [-0.15, -0.1) is 0 Å². The van der Waals surface area contributed by atoms with E-state index in [1.54, 1.807) is 42.1 Å². The van der Waals surface area contributed by atoms with Crippen molar-refractivity contribution in [2.75, 3.05) is 6.54 Å². The van der Waals surface area contributed by atoms with E-state index in [-0.39, 0.29) is 30.7 Å². The van der Waals surface area contributed by atoms with E-state index in [1.807, 2.05) is 13.8 Å². The van der Waals surface area contributed by atoms with Gasteiger partial charge in [-0.25, -0.2) is 0 Å². The second kappa shape index (κ2) is 8.16. The van der Waals surface area contributed by atoms with Crippen LogP contribution in [0.2, 0.25) is 5.02 Å². The highest BCUT2D eigenvalue weighted by Crippen LogP contribution is 2.21. The van der Waals surface area contributed by atoms with Gasteiger partial charge in [-0.2, -0.15) is 5.10 Å². The Morgan fingerprint density at radius 1 is 1.28 bits per heavy atom. The Labute approximate surface area is 151 Å². The Morgan fingerprint density at radius 3 is 2.44 bits per heavy atom. The molecule has 2 rings (SSSR count). The zero-order chi connectivity index (χ0) is 18.6. The van der Waals surface area contributed by atoms with Gasteiger partial charge in [-0.05, 0) is 29.7 Å². The first-order valence-corrected chi connectivity index (χ1v) is 8.45. The molecule has 0 radical (unpaired) electrons. The van der Waals surface area contributed by atoms with Gasteiger partial charge in [0.15, 0.2) is 0 Å². The summed E-state index contributed by atoms with van der Waals surface area (Å²) in [7, 11) is 1.72. The number of rotatable bonds is 7. The lowest BCUT2D eigenvalue weighted by atomic mass is 9.95. The van der Waals surface area contributed by atoms with Gasteiger partial charge in [0.25, 0.3) is 5.91 Å². The van der Waals surface area contributed by atoms with Crippen molar-refractivity contribution in [1.82, 2.24) is 15.1 Å². The molecule has 0 aliphatic carbocycles. The van der Waals surface area contributed by atoms with E-state index < -0.39 is 5.97 Å². The molecule has 0 aliphatic rings. The largest absolute Gasteiger partial charge is 0.481 e. The molecule has 2 N–H and O–H groups in total. The number of amides is 1. The molecule has 2 aromatic rings.